The smallest absolute Gasteiger partial charge is 0.263 e. The summed E-state index contributed by atoms with van der Waals surface area (Å²) < 4.78 is 6.57. The highest BCUT2D eigenvalue weighted by Gasteiger charge is 1.98. The molecule has 1 aromatic heterocycles. The van der Waals surface area contributed by atoms with Gasteiger partial charge in [0.2, 0.25) is 0 Å². The van der Waals surface area contributed by atoms with Gasteiger partial charge in [-0.15, -0.1) is 0 Å². The Kier molecular flexibility index (Phi) is 2.54. The van der Waals surface area contributed by atoms with Crippen LogP contribution in [0.4, 0.5) is 0 Å². The second-order valence-corrected chi connectivity index (χ2v) is 3.03. The van der Waals surface area contributed by atoms with E-state index < -0.39 is 0 Å². The van der Waals surface area contributed by atoms with Crippen molar-refractivity contribution in [2.75, 3.05) is 7.11 Å². The first-order valence-electron chi connectivity index (χ1n) is 4.55. The third-order valence-electron chi connectivity index (χ3n) is 2.11. The molecular weight excluding hydrogens is 190 g/mol. The molecule has 0 aliphatic heterocycles. The SMILES string of the molecule is COc1ccc(-n2ccc[c]c2=O)cc1. The van der Waals surface area contributed by atoms with Gasteiger partial charge < -0.3 is 4.74 Å². The van der Waals surface area contributed by atoms with Crippen molar-refractivity contribution in [3.05, 3.63) is 59.0 Å². The van der Waals surface area contributed by atoms with Crippen LogP contribution in [0, 0.1) is 6.07 Å². The molecule has 3 heteroatoms. The zero-order valence-electron chi connectivity index (χ0n) is 8.31. The minimum Gasteiger partial charge on any atom is -0.497 e. The first-order chi connectivity index (χ1) is 7.31. The number of ether oxygens (including phenoxy) is 1. The van der Waals surface area contributed by atoms with Crippen molar-refractivity contribution >= 4 is 0 Å². The molecule has 0 aliphatic carbocycles. The lowest BCUT2D eigenvalue weighted by atomic mass is 10.3. The number of methoxy groups -OCH3 is 1. The summed E-state index contributed by atoms with van der Waals surface area (Å²) in [6, 6.07) is 13.3. The summed E-state index contributed by atoms with van der Waals surface area (Å²) in [4.78, 5) is 11.5. The second kappa shape index (κ2) is 4.00. The van der Waals surface area contributed by atoms with Gasteiger partial charge in [0.05, 0.1) is 13.2 Å². The number of pyridine rings is 1. The van der Waals surface area contributed by atoms with E-state index in [1.807, 2.05) is 24.3 Å². The van der Waals surface area contributed by atoms with Crippen LogP contribution in [0.25, 0.3) is 5.69 Å². The minimum absolute atomic E-state index is 0.164. The van der Waals surface area contributed by atoms with Crippen molar-refractivity contribution < 1.29 is 4.74 Å². The summed E-state index contributed by atoms with van der Waals surface area (Å²) in [6.07, 6.45) is 1.71. The van der Waals surface area contributed by atoms with Gasteiger partial charge in [-0.3, -0.25) is 9.36 Å². The lowest BCUT2D eigenvalue weighted by Gasteiger charge is -2.05. The van der Waals surface area contributed by atoms with Crippen molar-refractivity contribution in [3.63, 3.8) is 0 Å². The van der Waals surface area contributed by atoms with E-state index in [1.54, 1.807) is 25.4 Å². The fourth-order valence-electron chi connectivity index (χ4n) is 1.33. The highest BCUT2D eigenvalue weighted by atomic mass is 16.5. The molecule has 0 unspecified atom stereocenters. The molecule has 75 valence electrons. The topological polar surface area (TPSA) is 31.2 Å². The van der Waals surface area contributed by atoms with Gasteiger partial charge in [0.15, 0.2) is 0 Å². The molecule has 0 aliphatic rings. The number of rotatable bonds is 2. The summed E-state index contributed by atoms with van der Waals surface area (Å²) in [7, 11) is 1.61. The Morgan fingerprint density at radius 3 is 2.60 bits per heavy atom. The van der Waals surface area contributed by atoms with Crippen LogP contribution in [0.1, 0.15) is 0 Å². The van der Waals surface area contributed by atoms with Gasteiger partial charge in [-0.1, -0.05) is 0 Å². The summed E-state index contributed by atoms with van der Waals surface area (Å²) in [5.74, 6) is 0.770. The summed E-state index contributed by atoms with van der Waals surface area (Å²) >= 11 is 0. The molecule has 0 saturated carbocycles. The molecule has 15 heavy (non-hydrogen) atoms. The number of hydrogen-bond donors (Lipinski definition) is 0. The Bertz CT molecular complexity index is 500. The molecule has 1 heterocycles. The maximum atomic E-state index is 11.5. The van der Waals surface area contributed by atoms with Crippen molar-refractivity contribution in [2.45, 2.75) is 0 Å². The zero-order valence-corrected chi connectivity index (χ0v) is 8.31. The Morgan fingerprint density at radius 2 is 2.00 bits per heavy atom. The molecule has 3 nitrogen and oxygen atoms in total. The van der Waals surface area contributed by atoms with E-state index in [9.17, 15) is 4.79 Å². The molecule has 0 atom stereocenters. The van der Waals surface area contributed by atoms with Gasteiger partial charge in [0, 0.05) is 11.9 Å². The van der Waals surface area contributed by atoms with Gasteiger partial charge in [-0.25, -0.2) is 0 Å². The first kappa shape index (κ1) is 9.52. The van der Waals surface area contributed by atoms with Gasteiger partial charge in [0.1, 0.15) is 5.75 Å². The van der Waals surface area contributed by atoms with Crippen LogP contribution in [0.3, 0.4) is 0 Å². The number of benzene rings is 1. The van der Waals surface area contributed by atoms with Crippen LogP contribution in [-0.2, 0) is 0 Å². The average Bonchev–Trinajstić information content (AvgIpc) is 2.30. The molecule has 0 fully saturated rings. The highest BCUT2D eigenvalue weighted by Crippen LogP contribution is 2.12. The van der Waals surface area contributed by atoms with Crippen LogP contribution < -0.4 is 10.3 Å². The van der Waals surface area contributed by atoms with Crippen LogP contribution in [0.15, 0.2) is 47.4 Å². The molecule has 2 aromatic rings. The molecule has 0 bridgehead atoms. The van der Waals surface area contributed by atoms with Crippen molar-refractivity contribution in [1.82, 2.24) is 4.57 Å². The maximum absolute atomic E-state index is 11.5. The van der Waals surface area contributed by atoms with Crippen LogP contribution in [0.2, 0.25) is 0 Å². The first-order valence-corrected chi connectivity index (χ1v) is 4.55. The largest absolute Gasteiger partial charge is 0.497 e. The monoisotopic (exact) mass is 200 g/mol. The van der Waals surface area contributed by atoms with Gasteiger partial charge in [-0.2, -0.15) is 0 Å². The van der Waals surface area contributed by atoms with E-state index in [4.69, 9.17) is 4.74 Å². The Hall–Kier alpha value is -2.03. The van der Waals surface area contributed by atoms with Crippen LogP contribution in [0.5, 0.6) is 5.75 Å². The molecule has 1 aromatic carbocycles. The number of hydrogen-bond acceptors (Lipinski definition) is 2. The van der Waals surface area contributed by atoms with E-state index >= 15 is 0 Å². The minimum atomic E-state index is -0.164. The molecule has 0 saturated heterocycles. The fraction of sp³-hybridized carbons (Fsp3) is 0.0833. The Labute approximate surface area is 87.6 Å². The summed E-state index contributed by atoms with van der Waals surface area (Å²) in [5.41, 5.74) is 0.639. The highest BCUT2D eigenvalue weighted by molar-refractivity contribution is 5.37. The fourth-order valence-corrected chi connectivity index (χ4v) is 1.33. The molecule has 0 N–H and O–H groups in total. The number of nitrogens with zero attached hydrogens (tertiary/aromatic N) is 1. The molecular formula is C12H10NO2. The summed E-state index contributed by atoms with van der Waals surface area (Å²) in [5, 5.41) is 0. The van der Waals surface area contributed by atoms with E-state index in [2.05, 4.69) is 6.07 Å². The molecule has 0 amide bonds. The molecule has 0 spiro atoms. The van der Waals surface area contributed by atoms with Gasteiger partial charge in [0.25, 0.3) is 5.56 Å². The third-order valence-corrected chi connectivity index (χ3v) is 2.11. The lowest BCUT2D eigenvalue weighted by Crippen LogP contribution is -2.15. The standard InChI is InChI=1S/C12H10NO2/c1-15-11-7-5-10(6-8-11)13-9-3-2-4-12(13)14/h2-3,5-9H,1H3. The van der Waals surface area contributed by atoms with Crippen molar-refractivity contribution in [1.29, 1.82) is 0 Å². The van der Waals surface area contributed by atoms with Gasteiger partial charge >= 0.3 is 0 Å². The molecule has 2 rings (SSSR count). The van der Waals surface area contributed by atoms with Crippen molar-refractivity contribution in [3.8, 4) is 11.4 Å². The van der Waals surface area contributed by atoms with E-state index in [1.165, 1.54) is 4.57 Å². The zero-order chi connectivity index (χ0) is 10.7. The predicted molar refractivity (Wildman–Crippen MR) is 57.4 cm³/mol. The Morgan fingerprint density at radius 1 is 1.27 bits per heavy atom. The maximum Gasteiger partial charge on any atom is 0.263 e. The van der Waals surface area contributed by atoms with Gasteiger partial charge in [-0.05, 0) is 36.4 Å². The molecule has 1 radical (unpaired) electrons. The Balaban J connectivity index is 2.46. The lowest BCUT2D eigenvalue weighted by molar-refractivity contribution is 0.414. The summed E-state index contributed by atoms with van der Waals surface area (Å²) in [6.45, 7) is 0. The van der Waals surface area contributed by atoms with Crippen molar-refractivity contribution in [2.24, 2.45) is 0 Å². The van der Waals surface area contributed by atoms with E-state index in [-0.39, 0.29) is 5.56 Å². The number of aromatic nitrogens is 1. The average molecular weight is 200 g/mol. The third kappa shape index (κ3) is 1.91. The predicted octanol–water partition coefficient (Wildman–Crippen LogP) is 1.65. The van der Waals surface area contributed by atoms with E-state index in [0.717, 1.165) is 11.4 Å². The second-order valence-electron chi connectivity index (χ2n) is 3.03. The van der Waals surface area contributed by atoms with Crippen LogP contribution in [-0.4, -0.2) is 11.7 Å². The van der Waals surface area contributed by atoms with E-state index in [0.29, 0.717) is 0 Å². The normalized spacial score (nSPS) is 9.93. The van der Waals surface area contributed by atoms with Crippen LogP contribution >= 0.6 is 0 Å². The quantitative estimate of drug-likeness (QED) is 0.738.